The second-order valence-corrected chi connectivity index (χ2v) is 14.8. The van der Waals surface area contributed by atoms with Crippen LogP contribution in [0.15, 0.2) is 56.2 Å². The van der Waals surface area contributed by atoms with E-state index in [4.69, 9.17) is 65.8 Å². The largest absolute Gasteiger partial charge is 0.509 e. The summed E-state index contributed by atoms with van der Waals surface area (Å²) in [6, 6.07) is 10.8. The Labute approximate surface area is 286 Å². The summed E-state index contributed by atoms with van der Waals surface area (Å²) in [5.74, 6) is 1.43. The highest BCUT2D eigenvalue weighted by Gasteiger charge is 2.28. The molecule has 2 unspecified atom stereocenters. The summed E-state index contributed by atoms with van der Waals surface area (Å²) in [7, 11) is 3.79. The summed E-state index contributed by atoms with van der Waals surface area (Å²) in [4.78, 5) is 24.5. The summed E-state index contributed by atoms with van der Waals surface area (Å²) in [5.41, 5.74) is 1.75. The fourth-order valence-corrected chi connectivity index (χ4v) is 8.32. The van der Waals surface area contributed by atoms with Gasteiger partial charge < -0.3 is 18.6 Å². The van der Waals surface area contributed by atoms with Crippen molar-refractivity contribution in [2.75, 3.05) is 0 Å². The van der Waals surface area contributed by atoms with E-state index in [1.165, 1.54) is 23.5 Å². The standard InChI is InChI=1S/C31H34Cl4N4O3S2/c1-15(2)25-29(43-23-11-19(32)9-20(33)12-23)38(7)27(36-25)17(5)41-31(40)42-18(6)28-37-26(16(3)4)30(39(28)8)44-24-13-21(34)10-22(35)14-24/h9-18H,1-8H3. The molecule has 2 aromatic heterocycles. The average molecular weight is 717 g/mol. The molecule has 0 N–H and O–H groups in total. The number of rotatable bonds is 10. The maximum absolute atomic E-state index is 13.0. The highest BCUT2D eigenvalue weighted by atomic mass is 35.5. The van der Waals surface area contributed by atoms with Crippen LogP contribution in [0.5, 0.6) is 0 Å². The van der Waals surface area contributed by atoms with E-state index in [0.29, 0.717) is 31.7 Å². The van der Waals surface area contributed by atoms with Gasteiger partial charge in [-0.1, -0.05) is 97.6 Å². The molecule has 0 aliphatic heterocycles. The van der Waals surface area contributed by atoms with E-state index in [1.54, 1.807) is 26.0 Å². The Bertz CT molecular complexity index is 1510. The molecule has 0 saturated carbocycles. The van der Waals surface area contributed by atoms with Gasteiger partial charge in [-0.05, 0) is 62.1 Å². The van der Waals surface area contributed by atoms with Crippen LogP contribution >= 0.6 is 69.9 Å². The molecule has 13 heteroatoms. The first kappa shape index (κ1) is 34.9. The third-order valence-electron chi connectivity index (χ3n) is 6.67. The molecule has 4 rings (SSSR count). The van der Waals surface area contributed by atoms with Crippen LogP contribution < -0.4 is 0 Å². The molecule has 0 saturated heterocycles. The maximum Gasteiger partial charge on any atom is 0.509 e. The first-order valence-electron chi connectivity index (χ1n) is 13.9. The molecule has 0 aliphatic rings. The van der Waals surface area contributed by atoms with E-state index in [-0.39, 0.29) is 11.8 Å². The van der Waals surface area contributed by atoms with Crippen LogP contribution in [0.4, 0.5) is 4.79 Å². The molecule has 0 radical (unpaired) electrons. The molecule has 0 amide bonds. The SMILES string of the molecule is CC(C)c1nc(C(C)OC(=O)OC(C)c2nc(C(C)C)c(Sc3cc(Cl)cc(Cl)c3)n2C)n(C)c1Sc1cc(Cl)cc(Cl)c1. The van der Waals surface area contributed by atoms with Crippen molar-refractivity contribution in [1.82, 2.24) is 19.1 Å². The molecule has 2 aromatic carbocycles. The van der Waals surface area contributed by atoms with Crippen LogP contribution in [0.25, 0.3) is 0 Å². The van der Waals surface area contributed by atoms with E-state index in [2.05, 4.69) is 27.7 Å². The van der Waals surface area contributed by atoms with Gasteiger partial charge in [-0.3, -0.25) is 0 Å². The highest BCUT2D eigenvalue weighted by molar-refractivity contribution is 7.99. The van der Waals surface area contributed by atoms with Crippen molar-refractivity contribution >= 4 is 76.1 Å². The zero-order valence-electron chi connectivity index (χ0n) is 25.6. The molecule has 4 aromatic rings. The normalized spacial score (nSPS) is 13.0. The van der Waals surface area contributed by atoms with Gasteiger partial charge in [-0.25, -0.2) is 14.8 Å². The molecule has 7 nitrogen and oxygen atoms in total. The number of hydrogen-bond acceptors (Lipinski definition) is 7. The molecule has 0 spiro atoms. The zero-order valence-corrected chi connectivity index (χ0v) is 30.3. The smallest absolute Gasteiger partial charge is 0.423 e. The summed E-state index contributed by atoms with van der Waals surface area (Å²) >= 11 is 27.9. The van der Waals surface area contributed by atoms with Gasteiger partial charge in [-0.2, -0.15) is 0 Å². The second kappa shape index (κ2) is 14.6. The van der Waals surface area contributed by atoms with Gasteiger partial charge in [0.1, 0.15) is 10.1 Å². The molecule has 2 atom stereocenters. The van der Waals surface area contributed by atoms with E-state index in [1.807, 2.05) is 47.5 Å². The molecular weight excluding hydrogens is 682 g/mol. The van der Waals surface area contributed by atoms with Crippen LogP contribution in [0.3, 0.4) is 0 Å². The number of halogens is 4. The second-order valence-electron chi connectivity index (χ2n) is 10.9. The van der Waals surface area contributed by atoms with Gasteiger partial charge in [-0.15, -0.1) is 0 Å². The quantitative estimate of drug-likeness (QED) is 0.151. The van der Waals surface area contributed by atoms with Gasteiger partial charge in [0.25, 0.3) is 0 Å². The highest BCUT2D eigenvalue weighted by Crippen LogP contribution is 2.39. The predicted octanol–water partition coefficient (Wildman–Crippen LogP) is 11.3. The summed E-state index contributed by atoms with van der Waals surface area (Å²) < 4.78 is 15.3. The van der Waals surface area contributed by atoms with Crippen molar-refractivity contribution in [3.05, 3.63) is 79.5 Å². The Morgan fingerprint density at radius 3 is 1.25 bits per heavy atom. The molecule has 236 valence electrons. The number of imidazole rings is 2. The molecule has 0 bridgehead atoms. The lowest BCUT2D eigenvalue weighted by molar-refractivity contribution is 0.000620. The van der Waals surface area contributed by atoms with Crippen LogP contribution in [-0.2, 0) is 23.6 Å². The third-order valence-corrected chi connectivity index (χ3v) is 9.84. The van der Waals surface area contributed by atoms with Gasteiger partial charge in [0.05, 0.1) is 11.4 Å². The van der Waals surface area contributed by atoms with E-state index in [9.17, 15) is 4.79 Å². The Balaban J connectivity index is 1.52. The van der Waals surface area contributed by atoms with E-state index >= 15 is 0 Å². The van der Waals surface area contributed by atoms with Crippen molar-refractivity contribution in [3.8, 4) is 0 Å². The van der Waals surface area contributed by atoms with E-state index in [0.717, 1.165) is 31.2 Å². The van der Waals surface area contributed by atoms with Crippen molar-refractivity contribution in [3.63, 3.8) is 0 Å². The summed E-state index contributed by atoms with van der Waals surface area (Å²) in [5, 5.41) is 4.02. The molecule has 2 heterocycles. The average Bonchev–Trinajstić information content (AvgIpc) is 3.40. The Kier molecular flexibility index (Phi) is 11.6. The monoisotopic (exact) mass is 714 g/mol. The lowest BCUT2D eigenvalue weighted by Gasteiger charge is -2.17. The Morgan fingerprint density at radius 1 is 0.636 bits per heavy atom. The van der Waals surface area contributed by atoms with Crippen LogP contribution in [-0.4, -0.2) is 25.3 Å². The number of carbonyl (C=O) groups excluding carboxylic acids is 1. The molecule has 44 heavy (non-hydrogen) atoms. The van der Waals surface area contributed by atoms with Crippen LogP contribution in [0.2, 0.25) is 20.1 Å². The maximum atomic E-state index is 13.0. The third kappa shape index (κ3) is 8.22. The lowest BCUT2D eigenvalue weighted by Crippen LogP contribution is -2.17. The van der Waals surface area contributed by atoms with Crippen molar-refractivity contribution in [2.45, 2.75) is 85.4 Å². The van der Waals surface area contributed by atoms with Crippen molar-refractivity contribution < 1.29 is 14.3 Å². The zero-order chi connectivity index (χ0) is 32.5. The van der Waals surface area contributed by atoms with Gasteiger partial charge in [0.15, 0.2) is 23.9 Å². The van der Waals surface area contributed by atoms with Crippen LogP contribution in [0.1, 0.15) is 88.6 Å². The van der Waals surface area contributed by atoms with Gasteiger partial charge in [0, 0.05) is 44.0 Å². The number of hydrogen-bond donors (Lipinski definition) is 0. The topological polar surface area (TPSA) is 71.2 Å². The molecular formula is C31H34Cl4N4O3S2. The summed E-state index contributed by atoms with van der Waals surface area (Å²) in [6.45, 7) is 11.8. The first-order chi connectivity index (χ1) is 20.6. The first-order valence-corrected chi connectivity index (χ1v) is 17.1. The van der Waals surface area contributed by atoms with Gasteiger partial charge in [0.2, 0.25) is 0 Å². The number of nitrogens with zero attached hydrogens (tertiary/aromatic N) is 4. The minimum absolute atomic E-state index is 0.125. The predicted molar refractivity (Wildman–Crippen MR) is 180 cm³/mol. The van der Waals surface area contributed by atoms with E-state index < -0.39 is 18.4 Å². The van der Waals surface area contributed by atoms with Crippen molar-refractivity contribution in [2.24, 2.45) is 14.1 Å². The summed E-state index contributed by atoms with van der Waals surface area (Å²) in [6.07, 6.45) is -2.18. The van der Waals surface area contributed by atoms with Crippen molar-refractivity contribution in [1.29, 1.82) is 0 Å². The molecule has 0 aliphatic carbocycles. The number of ether oxygens (including phenoxy) is 2. The fraction of sp³-hybridized carbons (Fsp3) is 0.387. The minimum atomic E-state index is -0.820. The lowest BCUT2D eigenvalue weighted by atomic mass is 10.1. The molecule has 0 fully saturated rings. The fourth-order valence-electron chi connectivity index (χ4n) is 4.59. The number of carbonyl (C=O) groups is 1. The van der Waals surface area contributed by atoms with Crippen LogP contribution in [0, 0.1) is 0 Å². The minimum Gasteiger partial charge on any atom is -0.423 e. The van der Waals surface area contributed by atoms with Gasteiger partial charge >= 0.3 is 6.16 Å². The number of benzene rings is 2. The Hall–Kier alpha value is -2.01. The Morgan fingerprint density at radius 2 is 0.955 bits per heavy atom. The number of aromatic nitrogens is 4.